The van der Waals surface area contributed by atoms with E-state index in [4.69, 9.17) is 18.9 Å². The van der Waals surface area contributed by atoms with Crippen molar-refractivity contribution in [1.29, 1.82) is 0 Å². The highest BCUT2D eigenvalue weighted by atomic mass is 16.7. The quantitative estimate of drug-likeness (QED) is 0.350. The molecule has 6 heteroatoms. The topological polar surface area (TPSA) is 71.1 Å². The summed E-state index contributed by atoms with van der Waals surface area (Å²) in [7, 11) is 0. The van der Waals surface area contributed by atoms with Crippen molar-refractivity contribution < 1.29 is 28.5 Å². The van der Waals surface area contributed by atoms with Gasteiger partial charge in [0, 0.05) is 5.41 Å². The van der Waals surface area contributed by atoms with E-state index < -0.39 is 23.8 Å². The predicted octanol–water partition coefficient (Wildman–Crippen LogP) is 5.45. The number of aldehydes is 2. The first-order chi connectivity index (χ1) is 15.2. The van der Waals surface area contributed by atoms with Crippen LogP contribution < -0.4 is 9.47 Å². The van der Waals surface area contributed by atoms with E-state index in [1.807, 2.05) is 90.1 Å². The first-order valence-electron chi connectivity index (χ1n) is 11.0. The third-order valence-electron chi connectivity index (χ3n) is 4.82. The number of hydrogen-bond donors (Lipinski definition) is 0. The third kappa shape index (κ3) is 8.30. The lowest BCUT2D eigenvalue weighted by atomic mass is 9.78. The van der Waals surface area contributed by atoms with Gasteiger partial charge in [-0.3, -0.25) is 9.59 Å². The SMILES string of the molecule is CC(C)(C)OC(C=O)Oc1ccc(C(C)(C)c2ccc(OC(C=O)OC(C)(C)C)cc2)cc1. The fourth-order valence-corrected chi connectivity index (χ4v) is 3.19. The largest absolute Gasteiger partial charge is 0.458 e. The Morgan fingerprint density at radius 3 is 1.12 bits per heavy atom. The van der Waals surface area contributed by atoms with E-state index in [1.165, 1.54) is 0 Å². The number of benzene rings is 2. The van der Waals surface area contributed by atoms with E-state index in [9.17, 15) is 9.59 Å². The fourth-order valence-electron chi connectivity index (χ4n) is 3.19. The Morgan fingerprint density at radius 2 is 0.879 bits per heavy atom. The van der Waals surface area contributed by atoms with E-state index in [0.717, 1.165) is 11.1 Å². The lowest BCUT2D eigenvalue weighted by Gasteiger charge is -2.28. The number of carbonyl (C=O) groups excluding carboxylic acids is 2. The maximum Gasteiger partial charge on any atom is 0.257 e. The molecule has 180 valence electrons. The molecule has 2 atom stereocenters. The molecule has 0 aliphatic rings. The summed E-state index contributed by atoms with van der Waals surface area (Å²) in [4.78, 5) is 22.6. The smallest absolute Gasteiger partial charge is 0.257 e. The molecule has 0 aliphatic heterocycles. The van der Waals surface area contributed by atoms with Crippen molar-refractivity contribution in [2.45, 2.75) is 84.6 Å². The van der Waals surface area contributed by atoms with Gasteiger partial charge in [-0.15, -0.1) is 0 Å². The first kappa shape index (κ1) is 26.6. The molecule has 0 heterocycles. The van der Waals surface area contributed by atoms with E-state index >= 15 is 0 Å². The van der Waals surface area contributed by atoms with Crippen LogP contribution in [0.5, 0.6) is 11.5 Å². The highest BCUT2D eigenvalue weighted by molar-refractivity contribution is 5.55. The molecular formula is C27H36O6. The number of carbonyl (C=O) groups is 2. The van der Waals surface area contributed by atoms with Crippen LogP contribution in [0.3, 0.4) is 0 Å². The van der Waals surface area contributed by atoms with Gasteiger partial charge in [0.05, 0.1) is 11.2 Å². The van der Waals surface area contributed by atoms with Crippen LogP contribution in [0.15, 0.2) is 48.5 Å². The molecule has 33 heavy (non-hydrogen) atoms. The zero-order chi connectivity index (χ0) is 24.9. The number of rotatable bonds is 10. The van der Waals surface area contributed by atoms with Gasteiger partial charge in [-0.2, -0.15) is 0 Å². The lowest BCUT2D eigenvalue weighted by molar-refractivity contribution is -0.161. The predicted molar refractivity (Wildman–Crippen MR) is 128 cm³/mol. The number of ether oxygens (including phenoxy) is 4. The zero-order valence-corrected chi connectivity index (χ0v) is 20.9. The Hall–Kier alpha value is -2.70. The van der Waals surface area contributed by atoms with Crippen molar-refractivity contribution in [2.24, 2.45) is 0 Å². The molecule has 0 radical (unpaired) electrons. The van der Waals surface area contributed by atoms with Crippen molar-refractivity contribution >= 4 is 12.6 Å². The molecule has 6 nitrogen and oxygen atoms in total. The molecule has 2 aromatic carbocycles. The molecule has 0 fully saturated rings. The van der Waals surface area contributed by atoms with Crippen LogP contribution in [0, 0.1) is 0 Å². The fraction of sp³-hybridized carbons (Fsp3) is 0.481. The van der Waals surface area contributed by atoms with Crippen molar-refractivity contribution in [3.63, 3.8) is 0 Å². The zero-order valence-electron chi connectivity index (χ0n) is 20.9. The Kier molecular flexibility index (Phi) is 8.44. The van der Waals surface area contributed by atoms with Crippen molar-refractivity contribution in [1.82, 2.24) is 0 Å². The Balaban J connectivity index is 2.11. The second-order valence-corrected chi connectivity index (χ2v) is 10.4. The molecule has 0 amide bonds. The van der Waals surface area contributed by atoms with Gasteiger partial charge in [-0.1, -0.05) is 38.1 Å². The summed E-state index contributed by atoms with van der Waals surface area (Å²) in [6, 6.07) is 15.2. The molecule has 0 saturated carbocycles. The maximum absolute atomic E-state index is 11.3. The number of hydrogen-bond acceptors (Lipinski definition) is 6. The summed E-state index contributed by atoms with van der Waals surface area (Å²) in [5.41, 5.74) is 0.867. The molecule has 0 aliphatic carbocycles. The highest BCUT2D eigenvalue weighted by Crippen LogP contribution is 2.33. The average molecular weight is 457 g/mol. The van der Waals surface area contributed by atoms with Gasteiger partial charge in [-0.05, 0) is 76.9 Å². The standard InChI is InChI=1S/C27H36O6/c1-25(2,3)32-23(17-28)30-21-13-9-19(10-14-21)27(7,8)20-11-15-22(16-12-20)31-24(18-29)33-26(4,5)6/h9-18,23-24H,1-8H3. The molecule has 0 aromatic heterocycles. The van der Waals surface area contributed by atoms with E-state index in [0.29, 0.717) is 24.1 Å². The van der Waals surface area contributed by atoms with E-state index in [1.54, 1.807) is 0 Å². The monoisotopic (exact) mass is 456 g/mol. The van der Waals surface area contributed by atoms with E-state index in [-0.39, 0.29) is 5.41 Å². The Labute approximate surface area is 197 Å². The second-order valence-electron chi connectivity index (χ2n) is 10.4. The molecule has 0 spiro atoms. The van der Waals surface area contributed by atoms with Gasteiger partial charge in [-0.25, -0.2) is 0 Å². The maximum atomic E-state index is 11.3. The molecular weight excluding hydrogens is 420 g/mol. The molecule has 0 N–H and O–H groups in total. The van der Waals surface area contributed by atoms with Gasteiger partial charge in [0.15, 0.2) is 12.6 Å². The normalized spacial score (nSPS) is 14.3. The summed E-state index contributed by atoms with van der Waals surface area (Å²) in [5.74, 6) is 1.11. The van der Waals surface area contributed by atoms with E-state index in [2.05, 4.69) is 13.8 Å². The van der Waals surface area contributed by atoms with Crippen molar-refractivity contribution in [3.8, 4) is 11.5 Å². The second kappa shape index (κ2) is 10.5. The first-order valence-corrected chi connectivity index (χ1v) is 11.0. The van der Waals surface area contributed by atoms with Gasteiger partial charge in [0.25, 0.3) is 12.6 Å². The van der Waals surface area contributed by atoms with Crippen LogP contribution in [0.2, 0.25) is 0 Å². The molecule has 2 rings (SSSR count). The summed E-state index contributed by atoms with van der Waals surface area (Å²) in [5, 5.41) is 0. The van der Waals surface area contributed by atoms with Crippen molar-refractivity contribution in [2.75, 3.05) is 0 Å². The van der Waals surface area contributed by atoms with Crippen LogP contribution in [-0.2, 0) is 24.5 Å². The minimum Gasteiger partial charge on any atom is -0.458 e. The minimum absolute atomic E-state index is 0.297. The van der Waals surface area contributed by atoms with Crippen LogP contribution in [0.4, 0.5) is 0 Å². The summed E-state index contributed by atoms with van der Waals surface area (Å²) in [6.07, 6.45) is -0.634. The highest BCUT2D eigenvalue weighted by Gasteiger charge is 2.25. The third-order valence-corrected chi connectivity index (χ3v) is 4.82. The minimum atomic E-state index is -0.964. The Morgan fingerprint density at radius 1 is 0.576 bits per heavy atom. The summed E-state index contributed by atoms with van der Waals surface area (Å²) in [6.45, 7) is 15.4. The lowest BCUT2D eigenvalue weighted by Crippen LogP contribution is -2.32. The average Bonchev–Trinajstić information content (AvgIpc) is 2.71. The molecule has 0 saturated heterocycles. The molecule has 0 bridgehead atoms. The van der Waals surface area contributed by atoms with Gasteiger partial charge in [0.1, 0.15) is 11.5 Å². The van der Waals surface area contributed by atoms with Gasteiger partial charge < -0.3 is 18.9 Å². The summed E-state index contributed by atoms with van der Waals surface area (Å²) < 4.78 is 22.5. The van der Waals surface area contributed by atoms with Crippen molar-refractivity contribution in [3.05, 3.63) is 59.7 Å². The Bertz CT molecular complexity index is 826. The molecule has 2 unspecified atom stereocenters. The van der Waals surface area contributed by atoms with Crippen LogP contribution in [0.25, 0.3) is 0 Å². The molecule has 2 aromatic rings. The van der Waals surface area contributed by atoms with Crippen LogP contribution in [0.1, 0.15) is 66.5 Å². The van der Waals surface area contributed by atoms with Gasteiger partial charge in [0.2, 0.25) is 0 Å². The van der Waals surface area contributed by atoms with Gasteiger partial charge >= 0.3 is 0 Å². The van der Waals surface area contributed by atoms with Crippen LogP contribution in [-0.4, -0.2) is 36.4 Å². The summed E-state index contributed by atoms with van der Waals surface area (Å²) >= 11 is 0. The van der Waals surface area contributed by atoms with Crippen LogP contribution >= 0.6 is 0 Å².